The van der Waals surface area contributed by atoms with E-state index in [0.29, 0.717) is 17.5 Å². The predicted octanol–water partition coefficient (Wildman–Crippen LogP) is 2.76. The first-order valence-corrected chi connectivity index (χ1v) is 5.69. The Morgan fingerprint density at radius 2 is 1.71 bits per heavy atom. The van der Waals surface area contributed by atoms with Gasteiger partial charge < -0.3 is 15.3 Å². The summed E-state index contributed by atoms with van der Waals surface area (Å²) < 4.78 is 0. The highest BCUT2D eigenvalue weighted by Crippen LogP contribution is 2.38. The molecule has 1 rings (SSSR count). The van der Waals surface area contributed by atoms with Crippen LogP contribution in [0.4, 0.5) is 0 Å². The smallest absolute Gasteiger partial charge is 0.339 e. The highest BCUT2D eigenvalue weighted by Gasteiger charge is 2.23. The van der Waals surface area contributed by atoms with Gasteiger partial charge in [-0.05, 0) is 43.4 Å². The van der Waals surface area contributed by atoms with Crippen LogP contribution in [0.25, 0.3) is 0 Å². The Morgan fingerprint density at radius 1 is 1.12 bits per heavy atom. The molecule has 0 aliphatic heterocycles. The van der Waals surface area contributed by atoms with Crippen molar-refractivity contribution in [2.24, 2.45) is 0 Å². The lowest BCUT2D eigenvalue weighted by atomic mass is 9.92. The highest BCUT2D eigenvalue weighted by molar-refractivity contribution is 5.94. The van der Waals surface area contributed by atoms with Crippen LogP contribution in [-0.4, -0.2) is 21.3 Å². The van der Waals surface area contributed by atoms with Crippen LogP contribution in [0.3, 0.4) is 0 Å². The third-order valence-electron chi connectivity index (χ3n) is 3.13. The van der Waals surface area contributed by atoms with Crippen LogP contribution in [0.5, 0.6) is 11.5 Å². The van der Waals surface area contributed by atoms with E-state index in [9.17, 15) is 15.0 Å². The zero-order chi connectivity index (χ0) is 13.2. The minimum absolute atomic E-state index is 0.168. The van der Waals surface area contributed by atoms with E-state index in [2.05, 4.69) is 0 Å². The van der Waals surface area contributed by atoms with Crippen molar-refractivity contribution in [3.63, 3.8) is 0 Å². The molecule has 0 atom stereocenters. The van der Waals surface area contributed by atoms with Gasteiger partial charge in [0, 0.05) is 0 Å². The first kappa shape index (κ1) is 13.4. The average Bonchev–Trinajstić information content (AvgIpc) is 2.28. The molecule has 4 heteroatoms. The number of hydrogen-bond acceptors (Lipinski definition) is 3. The first-order valence-electron chi connectivity index (χ1n) is 5.69. The highest BCUT2D eigenvalue weighted by atomic mass is 16.4. The van der Waals surface area contributed by atoms with E-state index in [4.69, 9.17) is 5.11 Å². The number of carboxylic acids is 1. The van der Waals surface area contributed by atoms with Crippen LogP contribution < -0.4 is 0 Å². The Morgan fingerprint density at radius 3 is 2.18 bits per heavy atom. The van der Waals surface area contributed by atoms with E-state index in [1.54, 1.807) is 13.8 Å². The van der Waals surface area contributed by atoms with E-state index >= 15 is 0 Å². The number of carbonyl (C=O) groups is 1. The summed E-state index contributed by atoms with van der Waals surface area (Å²) in [5.74, 6) is -2.06. The molecule has 0 aliphatic rings. The maximum absolute atomic E-state index is 11.2. The van der Waals surface area contributed by atoms with Gasteiger partial charge in [-0.15, -0.1) is 0 Å². The molecule has 17 heavy (non-hydrogen) atoms. The number of carboxylic acid groups (broad SMARTS) is 1. The van der Waals surface area contributed by atoms with Crippen LogP contribution in [0.15, 0.2) is 0 Å². The largest absolute Gasteiger partial charge is 0.504 e. The van der Waals surface area contributed by atoms with Gasteiger partial charge in [-0.3, -0.25) is 0 Å². The minimum atomic E-state index is -1.20. The lowest BCUT2D eigenvalue weighted by Crippen LogP contribution is -2.07. The number of aromatic carboxylic acids is 1. The summed E-state index contributed by atoms with van der Waals surface area (Å²) in [4.78, 5) is 11.2. The molecule has 3 N–H and O–H groups in total. The molecule has 0 saturated carbocycles. The molecule has 0 aliphatic carbocycles. The summed E-state index contributed by atoms with van der Waals surface area (Å²) in [6, 6.07) is 0. The van der Waals surface area contributed by atoms with Crippen molar-refractivity contribution in [3.8, 4) is 11.5 Å². The summed E-state index contributed by atoms with van der Waals surface area (Å²) in [5.41, 5.74) is 1.73. The second-order valence-corrected chi connectivity index (χ2v) is 4.21. The van der Waals surface area contributed by atoms with E-state index in [1.165, 1.54) is 0 Å². The number of hydrogen-bond donors (Lipinski definition) is 3. The van der Waals surface area contributed by atoms with Crippen molar-refractivity contribution in [1.82, 2.24) is 0 Å². The molecule has 0 unspecified atom stereocenters. The predicted molar refractivity (Wildman–Crippen MR) is 64.8 cm³/mol. The Balaban J connectivity index is 3.48. The normalized spacial score (nSPS) is 10.5. The second-order valence-electron chi connectivity index (χ2n) is 4.21. The van der Waals surface area contributed by atoms with E-state index < -0.39 is 11.7 Å². The first-order chi connectivity index (χ1) is 7.91. The third kappa shape index (κ3) is 2.35. The number of benzene rings is 1. The van der Waals surface area contributed by atoms with Crippen molar-refractivity contribution in [1.29, 1.82) is 0 Å². The topological polar surface area (TPSA) is 77.8 Å². The zero-order valence-corrected chi connectivity index (χ0v) is 10.4. The van der Waals surface area contributed by atoms with Gasteiger partial charge in [0.15, 0.2) is 11.5 Å². The summed E-state index contributed by atoms with van der Waals surface area (Å²) in [6.45, 7) is 5.46. The minimum Gasteiger partial charge on any atom is -0.504 e. The standard InChI is InChI=1S/C13H18O4/c1-4-5-6-9-7(2)8(3)11(14)12(15)10(9)13(16)17/h14-15H,4-6H2,1-3H3,(H,16,17). The summed E-state index contributed by atoms with van der Waals surface area (Å²) in [7, 11) is 0. The fourth-order valence-electron chi connectivity index (χ4n) is 1.93. The number of phenols is 2. The molecule has 0 radical (unpaired) electrons. The molecule has 1 aromatic carbocycles. The Kier molecular flexibility index (Phi) is 3.99. The van der Waals surface area contributed by atoms with Gasteiger partial charge in [0.1, 0.15) is 5.56 Å². The molecule has 4 nitrogen and oxygen atoms in total. The van der Waals surface area contributed by atoms with Crippen molar-refractivity contribution in [3.05, 3.63) is 22.3 Å². The van der Waals surface area contributed by atoms with Crippen LogP contribution in [0, 0.1) is 13.8 Å². The third-order valence-corrected chi connectivity index (χ3v) is 3.13. The SMILES string of the molecule is CCCCc1c(C)c(C)c(O)c(O)c1C(=O)O. The van der Waals surface area contributed by atoms with Gasteiger partial charge in [-0.2, -0.15) is 0 Å². The van der Waals surface area contributed by atoms with Crippen molar-refractivity contribution >= 4 is 5.97 Å². The van der Waals surface area contributed by atoms with Gasteiger partial charge in [0.25, 0.3) is 0 Å². The molecular weight excluding hydrogens is 220 g/mol. The Bertz CT molecular complexity index is 449. The number of phenolic OH excluding ortho intramolecular Hbond substituents is 1. The molecule has 0 fully saturated rings. The van der Waals surface area contributed by atoms with Crippen LogP contribution >= 0.6 is 0 Å². The molecule has 1 aromatic rings. The average molecular weight is 238 g/mol. The van der Waals surface area contributed by atoms with Gasteiger partial charge >= 0.3 is 5.97 Å². The van der Waals surface area contributed by atoms with Crippen LogP contribution in [0.2, 0.25) is 0 Å². The number of aromatic hydroxyl groups is 2. The van der Waals surface area contributed by atoms with Gasteiger partial charge in [0.2, 0.25) is 0 Å². The lowest BCUT2D eigenvalue weighted by molar-refractivity contribution is 0.0691. The van der Waals surface area contributed by atoms with E-state index in [0.717, 1.165) is 18.4 Å². The zero-order valence-electron chi connectivity index (χ0n) is 10.4. The Labute approximate surface area is 101 Å². The Hall–Kier alpha value is -1.71. The van der Waals surface area contributed by atoms with Gasteiger partial charge in [0.05, 0.1) is 0 Å². The number of unbranched alkanes of at least 4 members (excludes halogenated alkanes) is 1. The monoisotopic (exact) mass is 238 g/mol. The van der Waals surface area contributed by atoms with E-state index in [-0.39, 0.29) is 11.3 Å². The molecule has 0 amide bonds. The van der Waals surface area contributed by atoms with Gasteiger partial charge in [-0.25, -0.2) is 4.79 Å². The molecule has 0 heterocycles. The summed E-state index contributed by atoms with van der Waals surface area (Å²) in [6.07, 6.45) is 2.39. The van der Waals surface area contributed by atoms with Crippen molar-refractivity contribution < 1.29 is 20.1 Å². The molecule has 94 valence electrons. The summed E-state index contributed by atoms with van der Waals surface area (Å²) in [5, 5.41) is 28.5. The molecule has 0 saturated heterocycles. The fraction of sp³-hybridized carbons (Fsp3) is 0.462. The summed E-state index contributed by atoms with van der Waals surface area (Å²) >= 11 is 0. The lowest BCUT2D eigenvalue weighted by Gasteiger charge is -2.15. The van der Waals surface area contributed by atoms with Crippen molar-refractivity contribution in [2.45, 2.75) is 40.0 Å². The second kappa shape index (κ2) is 5.08. The molecular formula is C13H18O4. The molecule has 0 bridgehead atoms. The number of rotatable bonds is 4. The molecule has 0 aromatic heterocycles. The van der Waals surface area contributed by atoms with Crippen molar-refractivity contribution in [2.75, 3.05) is 0 Å². The van der Waals surface area contributed by atoms with Gasteiger partial charge in [-0.1, -0.05) is 13.3 Å². The maximum atomic E-state index is 11.2. The fourth-order valence-corrected chi connectivity index (χ4v) is 1.93. The van der Waals surface area contributed by atoms with Crippen LogP contribution in [0.1, 0.15) is 46.8 Å². The van der Waals surface area contributed by atoms with E-state index in [1.807, 2.05) is 6.92 Å². The maximum Gasteiger partial charge on any atom is 0.339 e. The van der Waals surface area contributed by atoms with Crippen LogP contribution in [-0.2, 0) is 6.42 Å². The molecule has 0 spiro atoms. The quantitative estimate of drug-likeness (QED) is 0.705.